The summed E-state index contributed by atoms with van der Waals surface area (Å²) in [5, 5.41) is 0.325. The highest BCUT2D eigenvalue weighted by Crippen LogP contribution is 2.19. The zero-order valence-corrected chi connectivity index (χ0v) is 9.92. The van der Waals surface area contributed by atoms with E-state index < -0.39 is 11.8 Å². The number of primary amides is 1. The number of rotatable bonds is 3. The summed E-state index contributed by atoms with van der Waals surface area (Å²) in [6.45, 7) is -0.185. The molecule has 86 valence electrons. The van der Waals surface area contributed by atoms with Crippen molar-refractivity contribution < 1.29 is 9.59 Å². The maximum Gasteiger partial charge on any atom is 0.255 e. The molecule has 0 spiro atoms. The van der Waals surface area contributed by atoms with Gasteiger partial charge in [0.2, 0.25) is 5.91 Å². The average Bonchev–Trinajstić information content (AvgIpc) is 2.19. The lowest BCUT2D eigenvalue weighted by Crippen LogP contribution is -2.35. The number of likely N-dealkylation sites (N-methyl/N-ethyl adjacent to an activating group) is 1. The lowest BCUT2D eigenvalue weighted by atomic mass is 10.2. The summed E-state index contributed by atoms with van der Waals surface area (Å²) >= 11 is 11.4. The first kappa shape index (κ1) is 12.7. The van der Waals surface area contributed by atoms with Crippen molar-refractivity contribution in [2.45, 2.75) is 0 Å². The molecule has 0 aliphatic heterocycles. The Morgan fingerprint density at radius 3 is 2.69 bits per heavy atom. The van der Waals surface area contributed by atoms with Crippen LogP contribution in [0.5, 0.6) is 0 Å². The predicted molar refractivity (Wildman–Crippen MR) is 60.4 cm³/mol. The molecule has 1 aromatic rings. The van der Waals surface area contributed by atoms with Crippen LogP contribution in [0.4, 0.5) is 0 Å². The Morgan fingerprint density at radius 1 is 1.50 bits per heavy atom. The van der Waals surface area contributed by atoms with E-state index in [1.165, 1.54) is 19.3 Å². The summed E-state index contributed by atoms with van der Waals surface area (Å²) in [5.41, 5.74) is 5.16. The Kier molecular flexibility index (Phi) is 4.09. The Hall–Kier alpha value is -1.33. The minimum Gasteiger partial charge on any atom is -0.368 e. The van der Waals surface area contributed by atoms with Crippen molar-refractivity contribution in [3.8, 4) is 0 Å². The maximum absolute atomic E-state index is 11.8. The van der Waals surface area contributed by atoms with E-state index in [0.717, 1.165) is 4.90 Å². The highest BCUT2D eigenvalue weighted by atomic mass is 35.5. The summed E-state index contributed by atoms with van der Waals surface area (Å²) < 4.78 is 0. The van der Waals surface area contributed by atoms with E-state index in [0.29, 0.717) is 0 Å². The second-order valence-corrected chi connectivity index (χ2v) is 3.91. The van der Waals surface area contributed by atoms with Crippen LogP contribution >= 0.6 is 23.2 Å². The zero-order chi connectivity index (χ0) is 12.3. The van der Waals surface area contributed by atoms with Gasteiger partial charge < -0.3 is 10.6 Å². The number of pyridine rings is 1. The Bertz CT molecular complexity index is 437. The van der Waals surface area contributed by atoms with Gasteiger partial charge in [-0.05, 0) is 6.07 Å². The Labute approximate surface area is 102 Å². The fourth-order valence-corrected chi connectivity index (χ4v) is 1.43. The summed E-state index contributed by atoms with van der Waals surface area (Å²) in [5.74, 6) is -1.04. The number of nitrogens with zero attached hydrogens (tertiary/aromatic N) is 2. The molecule has 1 aromatic heterocycles. The maximum atomic E-state index is 11.8. The molecule has 0 bridgehead atoms. The molecule has 0 aromatic carbocycles. The molecule has 0 aliphatic rings. The van der Waals surface area contributed by atoms with Gasteiger partial charge in [-0.25, -0.2) is 4.98 Å². The van der Waals surface area contributed by atoms with Crippen molar-refractivity contribution in [1.29, 1.82) is 0 Å². The SMILES string of the molecule is CN(CC(N)=O)C(=O)c1cc(Cl)ncc1Cl. The van der Waals surface area contributed by atoms with Crippen molar-refractivity contribution in [3.63, 3.8) is 0 Å². The van der Waals surface area contributed by atoms with Gasteiger partial charge in [0.15, 0.2) is 0 Å². The van der Waals surface area contributed by atoms with Gasteiger partial charge in [-0.3, -0.25) is 9.59 Å². The molecule has 0 unspecified atom stereocenters. The van der Waals surface area contributed by atoms with E-state index in [2.05, 4.69) is 4.98 Å². The molecular weight excluding hydrogens is 253 g/mol. The number of nitrogens with two attached hydrogens (primary N) is 1. The number of amides is 2. The highest BCUT2D eigenvalue weighted by Gasteiger charge is 2.17. The fraction of sp³-hybridized carbons (Fsp3) is 0.222. The molecule has 0 radical (unpaired) electrons. The van der Waals surface area contributed by atoms with Crippen molar-refractivity contribution in [3.05, 3.63) is 28.0 Å². The topological polar surface area (TPSA) is 76.3 Å². The minimum absolute atomic E-state index is 0.153. The van der Waals surface area contributed by atoms with E-state index in [1.807, 2.05) is 0 Å². The van der Waals surface area contributed by atoms with Gasteiger partial charge in [0.25, 0.3) is 5.91 Å². The third kappa shape index (κ3) is 3.08. The first-order valence-electron chi connectivity index (χ1n) is 4.26. The largest absolute Gasteiger partial charge is 0.368 e. The third-order valence-corrected chi connectivity index (χ3v) is 2.30. The van der Waals surface area contributed by atoms with E-state index in [9.17, 15) is 9.59 Å². The van der Waals surface area contributed by atoms with Crippen molar-refractivity contribution in [2.24, 2.45) is 5.73 Å². The molecule has 16 heavy (non-hydrogen) atoms. The molecule has 0 fully saturated rings. The van der Waals surface area contributed by atoms with Gasteiger partial charge in [-0.1, -0.05) is 23.2 Å². The molecule has 7 heteroatoms. The van der Waals surface area contributed by atoms with Crippen LogP contribution in [0.3, 0.4) is 0 Å². The monoisotopic (exact) mass is 261 g/mol. The van der Waals surface area contributed by atoms with E-state index >= 15 is 0 Å². The molecular formula is C9H9Cl2N3O2. The average molecular weight is 262 g/mol. The van der Waals surface area contributed by atoms with Crippen LogP contribution in [0, 0.1) is 0 Å². The van der Waals surface area contributed by atoms with Crippen LogP contribution in [-0.4, -0.2) is 35.3 Å². The number of hydrogen-bond donors (Lipinski definition) is 1. The number of carbonyl (C=O) groups is 2. The summed E-state index contributed by atoms with van der Waals surface area (Å²) in [6.07, 6.45) is 1.27. The van der Waals surface area contributed by atoms with Crippen molar-refractivity contribution >= 4 is 35.0 Å². The summed E-state index contributed by atoms with van der Waals surface area (Å²) in [6, 6.07) is 1.34. The Balaban J connectivity index is 2.95. The molecule has 0 saturated carbocycles. The van der Waals surface area contributed by atoms with E-state index in [-0.39, 0.29) is 22.3 Å². The van der Waals surface area contributed by atoms with E-state index in [4.69, 9.17) is 28.9 Å². The van der Waals surface area contributed by atoms with Gasteiger partial charge in [0.05, 0.1) is 17.1 Å². The Morgan fingerprint density at radius 2 is 2.12 bits per heavy atom. The van der Waals surface area contributed by atoms with Crippen molar-refractivity contribution in [1.82, 2.24) is 9.88 Å². The minimum atomic E-state index is -0.605. The number of halogens is 2. The third-order valence-electron chi connectivity index (χ3n) is 1.79. The molecule has 0 saturated heterocycles. The number of aromatic nitrogens is 1. The number of hydrogen-bond acceptors (Lipinski definition) is 3. The van der Waals surface area contributed by atoms with Crippen LogP contribution in [0.1, 0.15) is 10.4 Å². The van der Waals surface area contributed by atoms with Crippen molar-refractivity contribution in [2.75, 3.05) is 13.6 Å². The smallest absolute Gasteiger partial charge is 0.255 e. The van der Waals surface area contributed by atoms with Gasteiger partial charge in [0.1, 0.15) is 5.15 Å². The molecule has 5 nitrogen and oxygen atoms in total. The standard InChI is InChI=1S/C9H9Cl2N3O2/c1-14(4-8(12)15)9(16)5-2-7(11)13-3-6(5)10/h2-3H,4H2,1H3,(H2,12,15). The highest BCUT2D eigenvalue weighted by molar-refractivity contribution is 6.35. The lowest BCUT2D eigenvalue weighted by molar-refractivity contribution is -0.118. The molecule has 2 amide bonds. The summed E-state index contributed by atoms with van der Waals surface area (Å²) in [7, 11) is 1.44. The predicted octanol–water partition coefficient (Wildman–Crippen LogP) is 0.946. The van der Waals surface area contributed by atoms with Crippen LogP contribution in [0.2, 0.25) is 10.2 Å². The van der Waals surface area contributed by atoms with Crippen LogP contribution in [-0.2, 0) is 4.79 Å². The van der Waals surface area contributed by atoms with Crippen LogP contribution in [0.25, 0.3) is 0 Å². The summed E-state index contributed by atoms with van der Waals surface area (Å²) in [4.78, 5) is 27.3. The fourth-order valence-electron chi connectivity index (χ4n) is 1.09. The molecule has 2 N–H and O–H groups in total. The second-order valence-electron chi connectivity index (χ2n) is 3.11. The zero-order valence-electron chi connectivity index (χ0n) is 8.41. The first-order valence-corrected chi connectivity index (χ1v) is 5.02. The first-order chi connectivity index (χ1) is 7.41. The molecule has 1 rings (SSSR count). The van der Waals surface area contributed by atoms with Crippen LogP contribution < -0.4 is 5.73 Å². The molecule has 0 aliphatic carbocycles. The van der Waals surface area contributed by atoms with E-state index in [1.54, 1.807) is 0 Å². The second kappa shape index (κ2) is 5.14. The van der Waals surface area contributed by atoms with Crippen LogP contribution in [0.15, 0.2) is 12.3 Å². The lowest BCUT2D eigenvalue weighted by Gasteiger charge is -2.15. The quantitative estimate of drug-likeness (QED) is 0.824. The van der Waals surface area contributed by atoms with Gasteiger partial charge in [-0.2, -0.15) is 0 Å². The molecule has 1 heterocycles. The number of carbonyl (C=O) groups excluding carboxylic acids is 2. The normalized spacial score (nSPS) is 9.94. The molecule has 0 atom stereocenters. The van der Waals surface area contributed by atoms with Gasteiger partial charge in [0, 0.05) is 13.2 Å². The van der Waals surface area contributed by atoms with Gasteiger partial charge in [-0.15, -0.1) is 0 Å². The van der Waals surface area contributed by atoms with Gasteiger partial charge >= 0.3 is 0 Å².